The lowest BCUT2D eigenvalue weighted by atomic mass is 10.0. The van der Waals surface area contributed by atoms with Crippen LogP contribution in [0, 0.1) is 0 Å². The zero-order valence-electron chi connectivity index (χ0n) is 13.9. The maximum absolute atomic E-state index is 11.8. The highest BCUT2D eigenvalue weighted by Gasteiger charge is 2.23. The van der Waals surface area contributed by atoms with E-state index in [0.717, 1.165) is 45.3 Å². The van der Waals surface area contributed by atoms with Gasteiger partial charge in [0.25, 0.3) is 0 Å². The van der Waals surface area contributed by atoms with Crippen molar-refractivity contribution in [2.75, 3.05) is 19.6 Å². The van der Waals surface area contributed by atoms with Gasteiger partial charge >= 0.3 is 11.8 Å². The Hall–Kier alpha value is -1.88. The van der Waals surface area contributed by atoms with Gasteiger partial charge in [-0.05, 0) is 24.8 Å². The van der Waals surface area contributed by atoms with Crippen LogP contribution in [-0.4, -0.2) is 42.4 Å². The molecule has 2 rings (SSSR count). The molecule has 1 saturated heterocycles. The van der Waals surface area contributed by atoms with Crippen LogP contribution in [0.1, 0.15) is 38.2 Å². The average molecular weight is 317 g/mol. The number of rotatable bonds is 6. The van der Waals surface area contributed by atoms with E-state index in [1.54, 1.807) is 0 Å². The zero-order valence-corrected chi connectivity index (χ0v) is 13.9. The first-order valence-electron chi connectivity index (χ1n) is 8.54. The molecule has 1 heterocycles. The summed E-state index contributed by atoms with van der Waals surface area (Å²) in [7, 11) is 0. The predicted octanol–water partition coefficient (Wildman–Crippen LogP) is 1.68. The molecule has 1 aromatic rings. The van der Waals surface area contributed by atoms with Crippen LogP contribution >= 0.6 is 0 Å². The summed E-state index contributed by atoms with van der Waals surface area (Å²) >= 11 is 0. The maximum atomic E-state index is 11.8. The van der Waals surface area contributed by atoms with Crippen molar-refractivity contribution in [3.63, 3.8) is 0 Å². The Morgan fingerprint density at radius 3 is 2.48 bits per heavy atom. The molecule has 0 aliphatic carbocycles. The lowest BCUT2D eigenvalue weighted by molar-refractivity contribution is -0.139. The molecule has 2 N–H and O–H groups in total. The summed E-state index contributed by atoms with van der Waals surface area (Å²) in [5.74, 6) is -1.01. The number of amides is 2. The average Bonchev–Trinajstić information content (AvgIpc) is 2.57. The summed E-state index contributed by atoms with van der Waals surface area (Å²) < 4.78 is 0. The van der Waals surface area contributed by atoms with Crippen LogP contribution in [0.15, 0.2) is 30.3 Å². The monoisotopic (exact) mass is 317 g/mol. The van der Waals surface area contributed by atoms with Crippen LogP contribution in [0.5, 0.6) is 0 Å². The van der Waals surface area contributed by atoms with Gasteiger partial charge in [0.15, 0.2) is 0 Å². The molecule has 2 amide bonds. The van der Waals surface area contributed by atoms with Crippen molar-refractivity contribution in [2.24, 2.45) is 0 Å². The van der Waals surface area contributed by atoms with Crippen LogP contribution in [0.3, 0.4) is 0 Å². The Morgan fingerprint density at radius 1 is 1.13 bits per heavy atom. The van der Waals surface area contributed by atoms with E-state index >= 15 is 0 Å². The van der Waals surface area contributed by atoms with Crippen LogP contribution in [0.25, 0.3) is 0 Å². The first-order chi connectivity index (χ1) is 11.2. The third-order valence-electron chi connectivity index (χ3n) is 4.19. The van der Waals surface area contributed by atoms with Crippen LogP contribution in [-0.2, 0) is 16.1 Å². The summed E-state index contributed by atoms with van der Waals surface area (Å²) in [5.41, 5.74) is 1.31. The van der Waals surface area contributed by atoms with Gasteiger partial charge in [-0.3, -0.25) is 14.5 Å². The van der Waals surface area contributed by atoms with Gasteiger partial charge < -0.3 is 10.6 Å². The molecule has 0 unspecified atom stereocenters. The first kappa shape index (κ1) is 17.5. The van der Waals surface area contributed by atoms with E-state index in [9.17, 15) is 9.59 Å². The predicted molar refractivity (Wildman–Crippen MR) is 90.8 cm³/mol. The van der Waals surface area contributed by atoms with Crippen molar-refractivity contribution in [2.45, 2.75) is 45.2 Å². The quantitative estimate of drug-likeness (QED) is 0.620. The minimum absolute atomic E-state index is 0.103. The molecule has 1 aliphatic rings. The SMILES string of the molecule is CCCCNC(=O)C(=O)NC1CCN(Cc2ccccc2)CC1. The van der Waals surface area contributed by atoms with Gasteiger partial charge in [0.1, 0.15) is 0 Å². The number of hydrogen-bond acceptors (Lipinski definition) is 3. The van der Waals surface area contributed by atoms with Crippen molar-refractivity contribution in [3.05, 3.63) is 35.9 Å². The Bertz CT molecular complexity index is 496. The van der Waals surface area contributed by atoms with Gasteiger partial charge in [0, 0.05) is 32.2 Å². The Morgan fingerprint density at radius 2 is 1.83 bits per heavy atom. The van der Waals surface area contributed by atoms with E-state index in [4.69, 9.17) is 0 Å². The van der Waals surface area contributed by atoms with Crippen molar-refractivity contribution >= 4 is 11.8 Å². The van der Waals surface area contributed by atoms with E-state index < -0.39 is 11.8 Å². The zero-order chi connectivity index (χ0) is 16.5. The number of unbranched alkanes of at least 4 members (excludes halogenated alkanes) is 1. The van der Waals surface area contributed by atoms with Crippen LogP contribution < -0.4 is 10.6 Å². The number of carbonyl (C=O) groups excluding carboxylic acids is 2. The summed E-state index contributed by atoms with van der Waals surface area (Å²) in [6.45, 7) is 5.45. The topological polar surface area (TPSA) is 61.4 Å². The molecule has 5 heteroatoms. The molecule has 1 aliphatic heterocycles. The van der Waals surface area contributed by atoms with Gasteiger partial charge in [-0.2, -0.15) is 0 Å². The number of likely N-dealkylation sites (tertiary alicyclic amines) is 1. The molecule has 1 fully saturated rings. The second kappa shape index (κ2) is 9.30. The third kappa shape index (κ3) is 6.02. The highest BCUT2D eigenvalue weighted by molar-refractivity contribution is 6.35. The molecule has 0 bridgehead atoms. The van der Waals surface area contributed by atoms with Crippen LogP contribution in [0.2, 0.25) is 0 Å². The molecule has 5 nitrogen and oxygen atoms in total. The number of carbonyl (C=O) groups is 2. The third-order valence-corrected chi connectivity index (χ3v) is 4.19. The summed E-state index contributed by atoms with van der Waals surface area (Å²) in [6, 6.07) is 10.5. The Labute approximate surface area is 138 Å². The van der Waals surface area contributed by atoms with E-state index in [0.29, 0.717) is 6.54 Å². The number of piperidine rings is 1. The normalized spacial score (nSPS) is 16.0. The minimum Gasteiger partial charge on any atom is -0.348 e. The second-order valence-electron chi connectivity index (χ2n) is 6.12. The molecule has 23 heavy (non-hydrogen) atoms. The highest BCUT2D eigenvalue weighted by atomic mass is 16.2. The van der Waals surface area contributed by atoms with Gasteiger partial charge in [-0.25, -0.2) is 0 Å². The fourth-order valence-corrected chi connectivity index (χ4v) is 2.79. The molecule has 126 valence electrons. The summed E-state index contributed by atoms with van der Waals surface area (Å²) in [4.78, 5) is 25.9. The largest absolute Gasteiger partial charge is 0.348 e. The number of nitrogens with one attached hydrogen (secondary N) is 2. The smallest absolute Gasteiger partial charge is 0.309 e. The second-order valence-corrected chi connectivity index (χ2v) is 6.12. The number of hydrogen-bond donors (Lipinski definition) is 2. The fourth-order valence-electron chi connectivity index (χ4n) is 2.79. The van der Waals surface area contributed by atoms with Crippen LogP contribution in [0.4, 0.5) is 0 Å². The summed E-state index contributed by atoms with van der Waals surface area (Å²) in [5, 5.41) is 5.51. The minimum atomic E-state index is -0.509. The molecule has 1 aromatic carbocycles. The van der Waals surface area contributed by atoms with E-state index in [-0.39, 0.29) is 6.04 Å². The molecule has 0 atom stereocenters. The fraction of sp³-hybridized carbons (Fsp3) is 0.556. The number of benzene rings is 1. The number of nitrogens with zero attached hydrogens (tertiary/aromatic N) is 1. The van der Waals surface area contributed by atoms with Crippen molar-refractivity contribution in [1.29, 1.82) is 0 Å². The molecule has 0 aromatic heterocycles. The van der Waals surface area contributed by atoms with E-state index in [1.807, 2.05) is 6.07 Å². The maximum Gasteiger partial charge on any atom is 0.309 e. The standard InChI is InChI=1S/C18H27N3O2/c1-2-3-11-19-17(22)18(23)20-16-9-12-21(13-10-16)14-15-7-5-4-6-8-15/h4-8,16H,2-3,9-14H2,1H3,(H,19,22)(H,20,23). The lowest BCUT2D eigenvalue weighted by Crippen LogP contribution is -2.49. The molecular formula is C18H27N3O2. The Balaban J connectivity index is 1.68. The van der Waals surface area contributed by atoms with Gasteiger partial charge in [0.05, 0.1) is 0 Å². The van der Waals surface area contributed by atoms with Crippen molar-refractivity contribution < 1.29 is 9.59 Å². The molecule has 0 radical (unpaired) electrons. The Kier molecular flexibility index (Phi) is 7.07. The van der Waals surface area contributed by atoms with Gasteiger partial charge in [0.2, 0.25) is 0 Å². The van der Waals surface area contributed by atoms with Crippen molar-refractivity contribution in [1.82, 2.24) is 15.5 Å². The van der Waals surface area contributed by atoms with Crippen molar-refractivity contribution in [3.8, 4) is 0 Å². The highest BCUT2D eigenvalue weighted by Crippen LogP contribution is 2.13. The molecular weight excluding hydrogens is 290 g/mol. The lowest BCUT2D eigenvalue weighted by Gasteiger charge is -2.32. The van der Waals surface area contributed by atoms with E-state index in [1.165, 1.54) is 5.56 Å². The van der Waals surface area contributed by atoms with Gasteiger partial charge in [-0.15, -0.1) is 0 Å². The molecule has 0 saturated carbocycles. The first-order valence-corrected chi connectivity index (χ1v) is 8.54. The van der Waals surface area contributed by atoms with Gasteiger partial charge in [-0.1, -0.05) is 43.7 Å². The summed E-state index contributed by atoms with van der Waals surface area (Å²) in [6.07, 6.45) is 3.68. The van der Waals surface area contributed by atoms with E-state index in [2.05, 4.69) is 46.7 Å². The molecule has 0 spiro atoms.